The van der Waals surface area contributed by atoms with E-state index in [0.29, 0.717) is 10.6 Å². The maximum Gasteiger partial charge on any atom is 0.279 e. The number of nitrogens with one attached hydrogen (secondary N) is 2. The molecule has 22 heavy (non-hydrogen) atoms. The van der Waals surface area contributed by atoms with Crippen LogP contribution >= 0.6 is 11.3 Å². The molecule has 5 nitrogen and oxygen atoms in total. The van der Waals surface area contributed by atoms with Crippen molar-refractivity contribution in [1.82, 2.24) is 10.9 Å². The SMILES string of the molecule is Cc1cccc(C)c1OC(C)C(=O)NNC(=O)c1cccs1. The number of thiophene rings is 1. The van der Waals surface area contributed by atoms with Crippen molar-refractivity contribution in [1.29, 1.82) is 0 Å². The van der Waals surface area contributed by atoms with Gasteiger partial charge in [0.2, 0.25) is 0 Å². The van der Waals surface area contributed by atoms with Gasteiger partial charge in [-0.05, 0) is 43.3 Å². The van der Waals surface area contributed by atoms with Gasteiger partial charge in [-0.25, -0.2) is 0 Å². The number of amides is 2. The van der Waals surface area contributed by atoms with E-state index in [2.05, 4.69) is 10.9 Å². The third-order valence-electron chi connectivity index (χ3n) is 3.12. The molecule has 1 aromatic heterocycles. The molecule has 0 radical (unpaired) electrons. The number of hydrogen-bond acceptors (Lipinski definition) is 4. The molecule has 116 valence electrons. The number of aryl methyl sites for hydroxylation is 2. The van der Waals surface area contributed by atoms with E-state index in [1.54, 1.807) is 24.4 Å². The third kappa shape index (κ3) is 3.85. The van der Waals surface area contributed by atoms with Crippen molar-refractivity contribution in [3.05, 3.63) is 51.7 Å². The van der Waals surface area contributed by atoms with E-state index in [1.165, 1.54) is 11.3 Å². The minimum Gasteiger partial charge on any atom is -0.480 e. The molecule has 6 heteroatoms. The Bertz CT molecular complexity index is 648. The lowest BCUT2D eigenvalue weighted by atomic mass is 10.1. The van der Waals surface area contributed by atoms with Gasteiger partial charge in [-0.3, -0.25) is 20.4 Å². The molecular formula is C16H18N2O3S. The molecule has 0 bridgehead atoms. The highest BCUT2D eigenvalue weighted by atomic mass is 32.1. The topological polar surface area (TPSA) is 67.4 Å². The van der Waals surface area contributed by atoms with Crippen molar-refractivity contribution in [3.63, 3.8) is 0 Å². The predicted molar refractivity (Wildman–Crippen MR) is 85.9 cm³/mol. The molecule has 0 saturated heterocycles. The molecule has 1 heterocycles. The van der Waals surface area contributed by atoms with E-state index < -0.39 is 12.0 Å². The van der Waals surface area contributed by atoms with Crippen molar-refractivity contribution in [3.8, 4) is 5.75 Å². The molecule has 2 amide bonds. The number of rotatable bonds is 4. The van der Waals surface area contributed by atoms with Gasteiger partial charge < -0.3 is 4.74 Å². The zero-order valence-corrected chi connectivity index (χ0v) is 13.5. The van der Waals surface area contributed by atoms with Crippen LogP contribution in [0.25, 0.3) is 0 Å². The number of para-hydroxylation sites is 1. The van der Waals surface area contributed by atoms with Gasteiger partial charge in [-0.1, -0.05) is 24.3 Å². The minimum atomic E-state index is -0.719. The first-order valence-electron chi connectivity index (χ1n) is 6.85. The third-order valence-corrected chi connectivity index (χ3v) is 3.99. The summed E-state index contributed by atoms with van der Waals surface area (Å²) in [6, 6.07) is 9.23. The highest BCUT2D eigenvalue weighted by molar-refractivity contribution is 7.12. The molecule has 0 fully saturated rings. The smallest absolute Gasteiger partial charge is 0.279 e. The maximum absolute atomic E-state index is 12.0. The first kappa shape index (κ1) is 16.0. The van der Waals surface area contributed by atoms with Crippen LogP contribution in [0.5, 0.6) is 5.75 Å². The van der Waals surface area contributed by atoms with Crippen LogP contribution in [0.1, 0.15) is 27.7 Å². The molecular weight excluding hydrogens is 300 g/mol. The molecule has 0 aliphatic rings. The Labute approximate surface area is 133 Å². The standard InChI is InChI=1S/C16H18N2O3S/c1-10-6-4-7-11(2)14(10)21-12(3)15(19)17-18-16(20)13-8-5-9-22-13/h4-9,12H,1-3H3,(H,17,19)(H,18,20). The zero-order valence-electron chi connectivity index (χ0n) is 12.7. The molecule has 2 rings (SSSR count). The van der Waals surface area contributed by atoms with E-state index >= 15 is 0 Å². The summed E-state index contributed by atoms with van der Waals surface area (Å²) in [5.74, 6) is -0.0649. The number of benzene rings is 1. The van der Waals surface area contributed by atoms with Crippen molar-refractivity contribution < 1.29 is 14.3 Å². The summed E-state index contributed by atoms with van der Waals surface area (Å²) >= 11 is 1.30. The lowest BCUT2D eigenvalue weighted by molar-refractivity contribution is -0.128. The second kappa shape index (κ2) is 7.09. The van der Waals surface area contributed by atoms with Gasteiger partial charge in [0.15, 0.2) is 6.10 Å². The molecule has 0 spiro atoms. The van der Waals surface area contributed by atoms with Crippen molar-refractivity contribution in [2.75, 3.05) is 0 Å². The Hall–Kier alpha value is -2.34. The van der Waals surface area contributed by atoms with E-state index in [4.69, 9.17) is 4.74 Å². The van der Waals surface area contributed by atoms with Crippen LogP contribution in [0.15, 0.2) is 35.7 Å². The molecule has 1 aromatic carbocycles. The number of carbonyl (C=O) groups is 2. The Morgan fingerprint density at radius 3 is 2.36 bits per heavy atom. The van der Waals surface area contributed by atoms with Crippen LogP contribution in [0.3, 0.4) is 0 Å². The Kier molecular flexibility index (Phi) is 5.16. The Morgan fingerprint density at radius 2 is 1.77 bits per heavy atom. The first-order chi connectivity index (χ1) is 10.5. The number of carbonyl (C=O) groups excluding carboxylic acids is 2. The van der Waals surface area contributed by atoms with Crippen molar-refractivity contribution in [2.45, 2.75) is 26.9 Å². The van der Waals surface area contributed by atoms with Gasteiger partial charge in [0, 0.05) is 0 Å². The molecule has 1 atom stereocenters. The normalized spacial score (nSPS) is 11.6. The largest absolute Gasteiger partial charge is 0.480 e. The highest BCUT2D eigenvalue weighted by Crippen LogP contribution is 2.23. The van der Waals surface area contributed by atoms with Crippen LogP contribution in [0, 0.1) is 13.8 Å². The highest BCUT2D eigenvalue weighted by Gasteiger charge is 2.17. The van der Waals surface area contributed by atoms with Crippen LogP contribution < -0.4 is 15.6 Å². The van der Waals surface area contributed by atoms with Gasteiger partial charge in [-0.2, -0.15) is 0 Å². The summed E-state index contributed by atoms with van der Waals surface area (Å²) in [4.78, 5) is 24.3. The molecule has 2 aromatic rings. The van der Waals surface area contributed by atoms with Crippen molar-refractivity contribution in [2.24, 2.45) is 0 Å². The maximum atomic E-state index is 12.0. The lowest BCUT2D eigenvalue weighted by Gasteiger charge is -2.18. The molecule has 1 unspecified atom stereocenters. The quantitative estimate of drug-likeness (QED) is 0.852. The fourth-order valence-corrected chi connectivity index (χ4v) is 2.52. The lowest BCUT2D eigenvalue weighted by Crippen LogP contribution is -2.47. The van der Waals surface area contributed by atoms with Crippen LogP contribution in [0.2, 0.25) is 0 Å². The van der Waals surface area contributed by atoms with Gasteiger partial charge in [0.25, 0.3) is 11.8 Å². The summed E-state index contributed by atoms with van der Waals surface area (Å²) < 4.78 is 5.70. The van der Waals surface area contributed by atoms with Crippen molar-refractivity contribution >= 4 is 23.2 Å². The second-order valence-corrected chi connectivity index (χ2v) is 5.85. The molecule has 0 aliphatic carbocycles. The summed E-state index contributed by atoms with van der Waals surface area (Å²) in [6.07, 6.45) is -0.719. The average Bonchev–Trinajstić information content (AvgIpc) is 3.02. The zero-order chi connectivity index (χ0) is 16.1. The van der Waals surface area contributed by atoms with Gasteiger partial charge in [0.05, 0.1) is 4.88 Å². The fourth-order valence-electron chi connectivity index (χ4n) is 1.90. The number of hydrogen-bond donors (Lipinski definition) is 2. The Balaban J connectivity index is 1.91. The van der Waals surface area contributed by atoms with Gasteiger partial charge >= 0.3 is 0 Å². The average molecular weight is 318 g/mol. The summed E-state index contributed by atoms with van der Waals surface area (Å²) in [5, 5.41) is 1.80. The molecule has 2 N–H and O–H groups in total. The molecule has 0 aliphatic heterocycles. The summed E-state index contributed by atoms with van der Waals surface area (Å²) in [6.45, 7) is 5.48. The first-order valence-corrected chi connectivity index (χ1v) is 7.73. The summed E-state index contributed by atoms with van der Waals surface area (Å²) in [7, 11) is 0. The van der Waals surface area contributed by atoms with E-state index in [9.17, 15) is 9.59 Å². The fraction of sp³-hybridized carbons (Fsp3) is 0.250. The minimum absolute atomic E-state index is 0.345. The predicted octanol–water partition coefficient (Wildman–Crippen LogP) is 2.59. The van der Waals surface area contributed by atoms with Gasteiger partial charge in [0.1, 0.15) is 5.75 Å². The monoisotopic (exact) mass is 318 g/mol. The van der Waals surface area contributed by atoms with Crippen LogP contribution in [-0.4, -0.2) is 17.9 Å². The molecule has 0 saturated carbocycles. The van der Waals surface area contributed by atoms with E-state index in [0.717, 1.165) is 11.1 Å². The van der Waals surface area contributed by atoms with Gasteiger partial charge in [-0.15, -0.1) is 11.3 Å². The number of ether oxygens (including phenoxy) is 1. The Morgan fingerprint density at radius 1 is 1.09 bits per heavy atom. The van der Waals surface area contributed by atoms with Crippen LogP contribution in [-0.2, 0) is 4.79 Å². The van der Waals surface area contributed by atoms with E-state index in [1.807, 2.05) is 32.0 Å². The number of hydrazine groups is 1. The van der Waals surface area contributed by atoms with Crippen LogP contribution in [0.4, 0.5) is 0 Å². The summed E-state index contributed by atoms with van der Waals surface area (Å²) in [5.41, 5.74) is 6.67. The second-order valence-electron chi connectivity index (χ2n) is 4.90. The van der Waals surface area contributed by atoms with E-state index in [-0.39, 0.29) is 5.91 Å².